The van der Waals surface area contributed by atoms with Crippen molar-refractivity contribution < 1.29 is 4.39 Å². The zero-order valence-corrected chi connectivity index (χ0v) is 10.4. The lowest BCUT2D eigenvalue weighted by molar-refractivity contribution is 0.625. The van der Waals surface area contributed by atoms with Crippen molar-refractivity contribution in [1.29, 1.82) is 0 Å². The first kappa shape index (κ1) is 12.5. The fraction of sp³-hybridized carbons (Fsp3) is 0.167. The minimum atomic E-state index is -0.219. The first-order valence-electron chi connectivity index (χ1n) is 5.53. The van der Waals surface area contributed by atoms with Crippen LogP contribution in [0.4, 0.5) is 10.3 Å². The van der Waals surface area contributed by atoms with Gasteiger partial charge >= 0.3 is 0 Å². The average Bonchev–Trinajstić information content (AvgIpc) is 2.82. The second-order valence-corrected chi connectivity index (χ2v) is 4.11. The van der Waals surface area contributed by atoms with E-state index in [9.17, 15) is 4.39 Å². The fourth-order valence-corrected chi connectivity index (χ4v) is 1.70. The Hall–Kier alpha value is -1.95. The van der Waals surface area contributed by atoms with E-state index in [2.05, 4.69) is 20.6 Å². The van der Waals surface area contributed by atoms with Gasteiger partial charge in [-0.05, 0) is 36.3 Å². The Bertz CT molecular complexity index is 513. The third-order valence-electron chi connectivity index (χ3n) is 2.32. The molecule has 6 heteroatoms. The maximum atomic E-state index is 12.9. The quantitative estimate of drug-likeness (QED) is 0.740. The first-order chi connectivity index (χ1) is 8.74. The Morgan fingerprint density at radius 3 is 3.06 bits per heavy atom. The van der Waals surface area contributed by atoms with Crippen molar-refractivity contribution in [3.05, 3.63) is 48.0 Å². The molecule has 0 atom stereocenters. The zero-order valence-electron chi connectivity index (χ0n) is 9.61. The van der Waals surface area contributed by atoms with Crippen molar-refractivity contribution in [2.45, 2.75) is 6.42 Å². The average molecular weight is 264 g/mol. The summed E-state index contributed by atoms with van der Waals surface area (Å²) in [6.07, 6.45) is 4.05. The molecular formula is C12H13FN4S. The summed E-state index contributed by atoms with van der Waals surface area (Å²) < 4.78 is 12.9. The Morgan fingerprint density at radius 1 is 1.44 bits per heavy atom. The van der Waals surface area contributed by atoms with Gasteiger partial charge in [-0.15, -0.1) is 0 Å². The number of aromatic amines is 1. The monoisotopic (exact) mass is 264 g/mol. The molecule has 0 aliphatic rings. The van der Waals surface area contributed by atoms with Crippen LogP contribution in [-0.2, 0) is 6.42 Å². The molecule has 1 aromatic carbocycles. The van der Waals surface area contributed by atoms with Gasteiger partial charge in [-0.1, -0.05) is 12.1 Å². The van der Waals surface area contributed by atoms with Crippen LogP contribution < -0.4 is 10.6 Å². The summed E-state index contributed by atoms with van der Waals surface area (Å²) in [6.45, 7) is 0.635. The summed E-state index contributed by atoms with van der Waals surface area (Å²) in [5, 5.41) is 6.41. The van der Waals surface area contributed by atoms with Crippen LogP contribution in [-0.4, -0.2) is 21.6 Å². The van der Waals surface area contributed by atoms with E-state index >= 15 is 0 Å². The smallest absolute Gasteiger partial charge is 0.206 e. The number of halogens is 1. The third-order valence-corrected chi connectivity index (χ3v) is 2.56. The molecule has 18 heavy (non-hydrogen) atoms. The highest BCUT2D eigenvalue weighted by Crippen LogP contribution is 2.03. The molecular weight excluding hydrogens is 251 g/mol. The molecule has 0 fully saturated rings. The summed E-state index contributed by atoms with van der Waals surface area (Å²) in [5.41, 5.74) is 0.934. The van der Waals surface area contributed by atoms with Crippen molar-refractivity contribution in [2.75, 3.05) is 11.9 Å². The highest BCUT2D eigenvalue weighted by molar-refractivity contribution is 7.80. The maximum absolute atomic E-state index is 12.9. The summed E-state index contributed by atoms with van der Waals surface area (Å²) >= 11 is 5.09. The van der Waals surface area contributed by atoms with Crippen LogP contribution in [0.1, 0.15) is 5.56 Å². The van der Waals surface area contributed by atoms with Crippen LogP contribution >= 0.6 is 12.2 Å². The van der Waals surface area contributed by atoms with E-state index in [0.717, 1.165) is 5.56 Å². The van der Waals surface area contributed by atoms with E-state index in [1.807, 2.05) is 6.07 Å². The molecule has 1 heterocycles. The number of hydrogen-bond donors (Lipinski definition) is 3. The highest BCUT2D eigenvalue weighted by Gasteiger charge is 1.99. The molecule has 0 radical (unpaired) electrons. The number of imidazole rings is 1. The van der Waals surface area contributed by atoms with Crippen LogP contribution in [0.3, 0.4) is 0 Å². The summed E-state index contributed by atoms with van der Waals surface area (Å²) in [5.74, 6) is 0.377. The molecule has 4 nitrogen and oxygen atoms in total. The number of thiocarbonyl (C=S) groups is 1. The minimum absolute atomic E-state index is 0.219. The van der Waals surface area contributed by atoms with E-state index in [4.69, 9.17) is 12.2 Å². The number of H-pyrrole nitrogens is 1. The number of anilines is 1. The zero-order chi connectivity index (χ0) is 12.8. The topological polar surface area (TPSA) is 52.7 Å². The second-order valence-electron chi connectivity index (χ2n) is 3.70. The SMILES string of the molecule is Fc1cccc(CCNC(=S)Nc2ncc[nH]2)c1. The van der Waals surface area contributed by atoms with Crippen molar-refractivity contribution in [3.63, 3.8) is 0 Å². The van der Waals surface area contributed by atoms with E-state index in [1.54, 1.807) is 18.5 Å². The van der Waals surface area contributed by atoms with Crippen LogP contribution in [0, 0.1) is 5.82 Å². The van der Waals surface area contributed by atoms with E-state index < -0.39 is 0 Å². The van der Waals surface area contributed by atoms with E-state index in [0.29, 0.717) is 24.0 Å². The Morgan fingerprint density at radius 2 is 2.33 bits per heavy atom. The van der Waals surface area contributed by atoms with Gasteiger partial charge in [0.25, 0.3) is 0 Å². The molecule has 0 saturated carbocycles. The molecule has 94 valence electrons. The minimum Gasteiger partial charge on any atom is -0.362 e. The van der Waals surface area contributed by atoms with Crippen molar-refractivity contribution in [3.8, 4) is 0 Å². The van der Waals surface area contributed by atoms with Gasteiger partial charge in [0.1, 0.15) is 5.82 Å². The molecule has 0 amide bonds. The van der Waals surface area contributed by atoms with Gasteiger partial charge in [0.05, 0.1) is 0 Å². The van der Waals surface area contributed by atoms with Gasteiger partial charge in [-0.3, -0.25) is 0 Å². The van der Waals surface area contributed by atoms with Gasteiger partial charge in [0, 0.05) is 18.9 Å². The van der Waals surface area contributed by atoms with Crippen LogP contribution in [0.25, 0.3) is 0 Å². The van der Waals surface area contributed by atoms with Crippen molar-refractivity contribution in [2.24, 2.45) is 0 Å². The number of nitrogens with one attached hydrogen (secondary N) is 3. The first-order valence-corrected chi connectivity index (χ1v) is 5.93. The van der Waals surface area contributed by atoms with E-state index in [-0.39, 0.29) is 5.82 Å². The molecule has 0 aliphatic carbocycles. The van der Waals surface area contributed by atoms with Gasteiger partial charge in [0.15, 0.2) is 5.11 Å². The summed E-state index contributed by atoms with van der Waals surface area (Å²) in [6, 6.07) is 6.53. The molecule has 0 aliphatic heterocycles. The summed E-state index contributed by atoms with van der Waals surface area (Å²) in [4.78, 5) is 6.87. The van der Waals surface area contributed by atoms with Gasteiger partial charge in [-0.25, -0.2) is 9.37 Å². The number of nitrogens with zero attached hydrogens (tertiary/aromatic N) is 1. The van der Waals surface area contributed by atoms with Crippen LogP contribution in [0.2, 0.25) is 0 Å². The normalized spacial score (nSPS) is 10.1. The number of hydrogen-bond acceptors (Lipinski definition) is 2. The van der Waals surface area contributed by atoms with Crippen molar-refractivity contribution in [1.82, 2.24) is 15.3 Å². The maximum Gasteiger partial charge on any atom is 0.206 e. The predicted molar refractivity (Wildman–Crippen MR) is 72.9 cm³/mol. The van der Waals surface area contributed by atoms with Crippen molar-refractivity contribution >= 4 is 23.3 Å². The molecule has 0 bridgehead atoms. The lowest BCUT2D eigenvalue weighted by Gasteiger charge is -2.08. The van der Waals surface area contributed by atoms with Crippen LogP contribution in [0.15, 0.2) is 36.7 Å². The third kappa shape index (κ3) is 3.81. The Labute approximate surface area is 110 Å². The molecule has 2 aromatic rings. The fourth-order valence-electron chi connectivity index (χ4n) is 1.50. The Balaban J connectivity index is 1.73. The molecule has 3 N–H and O–H groups in total. The predicted octanol–water partition coefficient (Wildman–Crippen LogP) is 2.08. The highest BCUT2D eigenvalue weighted by atomic mass is 32.1. The Kier molecular flexibility index (Phi) is 4.25. The molecule has 0 unspecified atom stereocenters. The van der Waals surface area contributed by atoms with Gasteiger partial charge in [-0.2, -0.15) is 0 Å². The lowest BCUT2D eigenvalue weighted by Crippen LogP contribution is -2.30. The standard InChI is InChI=1S/C12H13FN4S/c13-10-3-1-2-9(8-10)4-5-16-12(18)17-11-14-6-7-15-11/h1-3,6-8H,4-5H2,(H3,14,15,16,17,18). The lowest BCUT2D eigenvalue weighted by atomic mass is 10.1. The molecule has 0 saturated heterocycles. The number of aromatic nitrogens is 2. The molecule has 2 rings (SSSR count). The van der Waals surface area contributed by atoms with Crippen LogP contribution in [0.5, 0.6) is 0 Å². The molecule has 0 spiro atoms. The number of rotatable bonds is 4. The molecule has 1 aromatic heterocycles. The largest absolute Gasteiger partial charge is 0.362 e. The second kappa shape index (κ2) is 6.11. The van der Waals surface area contributed by atoms with Gasteiger partial charge in [0.2, 0.25) is 5.95 Å². The summed E-state index contributed by atoms with van der Waals surface area (Å²) in [7, 11) is 0. The number of benzene rings is 1. The van der Waals surface area contributed by atoms with E-state index in [1.165, 1.54) is 12.1 Å². The van der Waals surface area contributed by atoms with Gasteiger partial charge < -0.3 is 15.6 Å².